The second kappa shape index (κ2) is 6.42. The van der Waals surface area contributed by atoms with Crippen LogP contribution in [0.3, 0.4) is 0 Å². The number of aliphatic hydroxyl groups excluding tert-OH is 1. The number of anilines is 1. The van der Waals surface area contributed by atoms with E-state index in [1.807, 2.05) is 13.0 Å². The summed E-state index contributed by atoms with van der Waals surface area (Å²) in [7, 11) is 0. The Kier molecular flexibility index (Phi) is 4.87. The van der Waals surface area contributed by atoms with Crippen molar-refractivity contribution in [1.82, 2.24) is 0 Å². The Hall–Kier alpha value is -1.02. The zero-order chi connectivity index (χ0) is 13.8. The SMILES string of the molecule is CC(C)CN(c1ccccc1C(C)O)C1CCCC1. The zero-order valence-corrected chi connectivity index (χ0v) is 12.5. The highest BCUT2D eigenvalue weighted by Gasteiger charge is 2.25. The summed E-state index contributed by atoms with van der Waals surface area (Å²) in [6.07, 6.45) is 4.88. The van der Waals surface area contributed by atoms with E-state index in [2.05, 4.69) is 36.9 Å². The lowest BCUT2D eigenvalue weighted by Gasteiger charge is -2.34. The molecule has 106 valence electrons. The molecular formula is C17H27NO. The predicted molar refractivity (Wildman–Crippen MR) is 81.5 cm³/mol. The van der Waals surface area contributed by atoms with Crippen LogP contribution in [0.2, 0.25) is 0 Å². The van der Waals surface area contributed by atoms with E-state index in [4.69, 9.17) is 0 Å². The molecule has 0 amide bonds. The van der Waals surface area contributed by atoms with E-state index in [1.165, 1.54) is 31.4 Å². The minimum Gasteiger partial charge on any atom is -0.389 e. The zero-order valence-electron chi connectivity index (χ0n) is 12.5. The summed E-state index contributed by atoms with van der Waals surface area (Å²) in [6.45, 7) is 7.48. The molecule has 1 atom stereocenters. The summed E-state index contributed by atoms with van der Waals surface area (Å²) >= 11 is 0. The topological polar surface area (TPSA) is 23.5 Å². The number of aliphatic hydroxyl groups is 1. The molecule has 2 nitrogen and oxygen atoms in total. The van der Waals surface area contributed by atoms with Crippen LogP contribution in [0.15, 0.2) is 24.3 Å². The fourth-order valence-electron chi connectivity index (χ4n) is 3.16. The Bertz CT molecular complexity index is 394. The first-order valence-electron chi connectivity index (χ1n) is 7.63. The lowest BCUT2D eigenvalue weighted by atomic mass is 10.0. The molecule has 1 aromatic carbocycles. The molecule has 1 aliphatic carbocycles. The normalized spacial score (nSPS) is 17.9. The van der Waals surface area contributed by atoms with E-state index >= 15 is 0 Å². The van der Waals surface area contributed by atoms with E-state index in [0.717, 1.165) is 12.1 Å². The summed E-state index contributed by atoms with van der Waals surface area (Å²) in [5.74, 6) is 0.641. The first kappa shape index (κ1) is 14.4. The van der Waals surface area contributed by atoms with Crippen molar-refractivity contribution in [2.24, 2.45) is 5.92 Å². The van der Waals surface area contributed by atoms with Gasteiger partial charge in [-0.1, -0.05) is 44.9 Å². The summed E-state index contributed by atoms with van der Waals surface area (Å²) in [5, 5.41) is 10.0. The van der Waals surface area contributed by atoms with Gasteiger partial charge < -0.3 is 10.0 Å². The first-order chi connectivity index (χ1) is 9.09. The lowest BCUT2D eigenvalue weighted by molar-refractivity contribution is 0.199. The fourth-order valence-corrected chi connectivity index (χ4v) is 3.16. The van der Waals surface area contributed by atoms with Crippen molar-refractivity contribution >= 4 is 5.69 Å². The van der Waals surface area contributed by atoms with E-state index in [9.17, 15) is 5.11 Å². The van der Waals surface area contributed by atoms with Crippen LogP contribution in [0.1, 0.15) is 58.1 Å². The summed E-state index contributed by atoms with van der Waals surface area (Å²) in [6, 6.07) is 8.99. The third-order valence-electron chi connectivity index (χ3n) is 4.02. The number of para-hydroxylation sites is 1. The van der Waals surface area contributed by atoms with Gasteiger partial charge in [-0.05, 0) is 31.7 Å². The van der Waals surface area contributed by atoms with Crippen LogP contribution in [0, 0.1) is 5.92 Å². The molecule has 1 saturated carbocycles. The van der Waals surface area contributed by atoms with E-state index in [1.54, 1.807) is 0 Å². The Morgan fingerprint density at radius 3 is 2.37 bits per heavy atom. The van der Waals surface area contributed by atoms with Gasteiger partial charge in [0.05, 0.1) is 6.10 Å². The Labute approximate surface area is 117 Å². The van der Waals surface area contributed by atoms with Crippen LogP contribution in [-0.2, 0) is 0 Å². The fraction of sp³-hybridized carbons (Fsp3) is 0.647. The largest absolute Gasteiger partial charge is 0.389 e. The third kappa shape index (κ3) is 3.50. The lowest BCUT2D eigenvalue weighted by Crippen LogP contribution is -2.37. The molecular weight excluding hydrogens is 234 g/mol. The standard InChI is InChI=1S/C17H27NO/c1-13(2)12-18(15-8-4-5-9-15)17-11-7-6-10-16(17)14(3)19/h6-7,10-11,13-15,19H,4-5,8-9,12H2,1-3H3. The maximum absolute atomic E-state index is 10.0. The molecule has 0 bridgehead atoms. The number of nitrogens with zero attached hydrogens (tertiary/aromatic N) is 1. The summed E-state index contributed by atoms with van der Waals surface area (Å²) in [5.41, 5.74) is 2.30. The van der Waals surface area contributed by atoms with Crippen molar-refractivity contribution < 1.29 is 5.11 Å². The molecule has 0 radical (unpaired) electrons. The maximum Gasteiger partial charge on any atom is 0.0781 e. The van der Waals surface area contributed by atoms with Gasteiger partial charge >= 0.3 is 0 Å². The van der Waals surface area contributed by atoms with Crippen LogP contribution >= 0.6 is 0 Å². The summed E-state index contributed by atoms with van der Waals surface area (Å²) in [4.78, 5) is 2.54. The maximum atomic E-state index is 10.0. The monoisotopic (exact) mass is 261 g/mol. The predicted octanol–water partition coefficient (Wildman–Crippen LogP) is 4.14. The average molecular weight is 261 g/mol. The average Bonchev–Trinajstić information content (AvgIpc) is 2.89. The van der Waals surface area contributed by atoms with Crippen LogP contribution < -0.4 is 4.90 Å². The minimum absolute atomic E-state index is 0.396. The highest BCUT2D eigenvalue weighted by molar-refractivity contribution is 5.55. The molecule has 1 N–H and O–H groups in total. The Balaban J connectivity index is 2.31. The van der Waals surface area contributed by atoms with E-state index in [0.29, 0.717) is 12.0 Å². The van der Waals surface area contributed by atoms with Crippen molar-refractivity contribution in [3.05, 3.63) is 29.8 Å². The molecule has 1 aromatic rings. The number of hydrogen-bond acceptors (Lipinski definition) is 2. The molecule has 19 heavy (non-hydrogen) atoms. The molecule has 0 aromatic heterocycles. The van der Waals surface area contributed by atoms with Crippen molar-refractivity contribution in [2.75, 3.05) is 11.4 Å². The van der Waals surface area contributed by atoms with Crippen LogP contribution in [-0.4, -0.2) is 17.7 Å². The molecule has 1 unspecified atom stereocenters. The van der Waals surface area contributed by atoms with Gasteiger partial charge in [-0.25, -0.2) is 0 Å². The number of hydrogen-bond donors (Lipinski definition) is 1. The molecule has 0 heterocycles. The second-order valence-electron chi connectivity index (χ2n) is 6.22. The molecule has 0 saturated heterocycles. The third-order valence-corrected chi connectivity index (χ3v) is 4.02. The molecule has 2 heteroatoms. The number of benzene rings is 1. The van der Waals surface area contributed by atoms with E-state index in [-0.39, 0.29) is 0 Å². The van der Waals surface area contributed by atoms with Crippen molar-refractivity contribution in [2.45, 2.75) is 58.6 Å². The molecule has 1 aliphatic rings. The molecule has 1 fully saturated rings. The van der Waals surface area contributed by atoms with Gasteiger partial charge in [0.15, 0.2) is 0 Å². The Morgan fingerprint density at radius 2 is 1.79 bits per heavy atom. The highest BCUT2D eigenvalue weighted by atomic mass is 16.3. The molecule has 2 rings (SSSR count). The van der Waals surface area contributed by atoms with Gasteiger partial charge in [0.25, 0.3) is 0 Å². The summed E-state index contributed by atoms with van der Waals surface area (Å²) < 4.78 is 0. The van der Waals surface area contributed by atoms with Gasteiger partial charge in [-0.2, -0.15) is 0 Å². The van der Waals surface area contributed by atoms with Crippen LogP contribution in [0.5, 0.6) is 0 Å². The van der Waals surface area contributed by atoms with Crippen LogP contribution in [0.4, 0.5) is 5.69 Å². The quantitative estimate of drug-likeness (QED) is 0.861. The van der Waals surface area contributed by atoms with E-state index < -0.39 is 6.10 Å². The van der Waals surface area contributed by atoms with Gasteiger partial charge in [-0.3, -0.25) is 0 Å². The molecule has 0 spiro atoms. The van der Waals surface area contributed by atoms with Gasteiger partial charge in [0, 0.05) is 23.8 Å². The first-order valence-corrected chi connectivity index (χ1v) is 7.63. The smallest absolute Gasteiger partial charge is 0.0781 e. The second-order valence-corrected chi connectivity index (χ2v) is 6.22. The Morgan fingerprint density at radius 1 is 1.16 bits per heavy atom. The highest BCUT2D eigenvalue weighted by Crippen LogP contribution is 2.33. The van der Waals surface area contributed by atoms with Crippen molar-refractivity contribution in [1.29, 1.82) is 0 Å². The van der Waals surface area contributed by atoms with Crippen LogP contribution in [0.25, 0.3) is 0 Å². The van der Waals surface area contributed by atoms with Gasteiger partial charge in [-0.15, -0.1) is 0 Å². The van der Waals surface area contributed by atoms with Gasteiger partial charge in [0.1, 0.15) is 0 Å². The number of rotatable bonds is 5. The van der Waals surface area contributed by atoms with Crippen molar-refractivity contribution in [3.8, 4) is 0 Å². The van der Waals surface area contributed by atoms with Gasteiger partial charge in [0.2, 0.25) is 0 Å². The minimum atomic E-state index is -0.396. The molecule has 0 aliphatic heterocycles. The van der Waals surface area contributed by atoms with Crippen molar-refractivity contribution in [3.63, 3.8) is 0 Å².